The first-order valence-electron chi connectivity index (χ1n) is 9.29. The predicted octanol–water partition coefficient (Wildman–Crippen LogP) is 6.18. The van der Waals surface area contributed by atoms with Gasteiger partial charge in [-0.05, 0) is 32.1 Å². The average Bonchev–Trinajstić information content (AvgIpc) is 2.50. The fourth-order valence-corrected chi connectivity index (χ4v) is 2.35. The van der Waals surface area contributed by atoms with Gasteiger partial charge in [-0.1, -0.05) is 70.4 Å². The molecular weight excluding hydrogens is 396 g/mol. The van der Waals surface area contributed by atoms with Gasteiger partial charge in [0.1, 0.15) is 0 Å². The Balaban J connectivity index is -0.000000209. The first-order chi connectivity index (χ1) is 11.5. The minimum absolute atomic E-state index is 0. The minimum atomic E-state index is -1.83. The van der Waals surface area contributed by atoms with E-state index < -0.39 is 12.1 Å². The Morgan fingerprint density at radius 3 is 1.48 bits per heavy atom. The van der Waals surface area contributed by atoms with E-state index in [9.17, 15) is 4.79 Å². The third kappa shape index (κ3) is 40.2. The van der Waals surface area contributed by atoms with Crippen LogP contribution in [0, 0.1) is 0 Å². The van der Waals surface area contributed by atoms with Gasteiger partial charge in [0, 0.05) is 6.42 Å². The Kier molecular flexibility index (Phi) is 31.1. The fraction of sp³-hybridized carbons (Fsp3) is 0.789. The van der Waals surface area contributed by atoms with Crippen molar-refractivity contribution in [2.24, 2.45) is 0 Å². The van der Waals surface area contributed by atoms with E-state index in [4.69, 9.17) is 20.1 Å². The van der Waals surface area contributed by atoms with Gasteiger partial charge < -0.3 is 18.2 Å². The van der Waals surface area contributed by atoms with E-state index in [1.807, 2.05) is 0 Å². The number of carboxylic acid groups (broad SMARTS) is 3. The molecule has 0 aliphatic heterocycles. The molecule has 0 amide bonds. The molecule has 0 saturated carbocycles. The second-order valence-corrected chi connectivity index (χ2v) is 6.01. The van der Waals surface area contributed by atoms with E-state index in [0.29, 0.717) is 6.42 Å². The molecule has 0 spiro atoms. The molecule has 0 unspecified atom stereocenters. The topological polar surface area (TPSA) is 94.8 Å². The second-order valence-electron chi connectivity index (χ2n) is 6.01. The zero-order chi connectivity index (χ0) is 18.5. The molecular formula is C19H38O5Sr. The zero-order valence-corrected chi connectivity index (χ0v) is 19.4. The van der Waals surface area contributed by atoms with Crippen molar-refractivity contribution < 1.29 is 27.8 Å². The molecule has 0 aromatic heterocycles. The number of aliphatic carboxylic acids is 1. The Morgan fingerprint density at radius 1 is 0.720 bits per heavy atom. The molecule has 0 bridgehead atoms. The number of allylic oxidation sites excluding steroid dienone is 2. The van der Waals surface area contributed by atoms with Gasteiger partial charge in [0.15, 0.2) is 0 Å². The Bertz CT molecular complexity index is 325. The molecule has 0 aromatic carbocycles. The summed E-state index contributed by atoms with van der Waals surface area (Å²) in [5, 5.41) is 22.5. The molecule has 0 aromatic rings. The summed E-state index contributed by atoms with van der Waals surface area (Å²) in [5.74, 6) is -0.664. The summed E-state index contributed by atoms with van der Waals surface area (Å²) in [7, 11) is 0. The minimum Gasteiger partial charge on any atom is -1.00 e. The molecule has 6 heteroatoms. The van der Waals surface area contributed by atoms with Crippen LogP contribution in [0.15, 0.2) is 12.2 Å². The van der Waals surface area contributed by atoms with Crippen molar-refractivity contribution in [1.82, 2.24) is 0 Å². The Labute approximate surface area is 193 Å². The van der Waals surface area contributed by atoms with Crippen molar-refractivity contribution in [2.45, 2.75) is 96.8 Å². The van der Waals surface area contributed by atoms with E-state index in [-0.39, 0.29) is 48.3 Å². The van der Waals surface area contributed by atoms with Gasteiger partial charge in [-0.3, -0.25) is 4.79 Å². The number of hydrogen-bond donors (Lipinski definition) is 3. The van der Waals surface area contributed by atoms with Crippen molar-refractivity contribution in [3.8, 4) is 0 Å². The number of hydrogen-bond acceptors (Lipinski definition) is 2. The first-order valence-corrected chi connectivity index (χ1v) is 9.29. The van der Waals surface area contributed by atoms with Gasteiger partial charge in [0.25, 0.3) is 0 Å². The standard InChI is InChI=1S/C18H34O2.CH2O3.Sr.2H/c1-2-3-4-5-6-7-8-9-10-11-12-13-14-15-16-17-18(19)20;2-1(3)4;;;/h9-10H,2-8,11-17H2,1H3,(H,19,20);(H2,2,3,4);;;/q;;+2;2*-1. The summed E-state index contributed by atoms with van der Waals surface area (Å²) in [6.07, 6.45) is 19.4. The first kappa shape index (κ1) is 29.7. The smallest absolute Gasteiger partial charge is 1.00 e. The summed E-state index contributed by atoms with van der Waals surface area (Å²) >= 11 is 0. The quantitative estimate of drug-likeness (QED) is 0.163. The van der Waals surface area contributed by atoms with Crippen LogP contribution in [-0.2, 0) is 4.79 Å². The molecule has 0 fully saturated rings. The monoisotopic (exact) mass is 434 g/mol. The van der Waals surface area contributed by atoms with E-state index in [2.05, 4.69) is 19.1 Å². The maximum absolute atomic E-state index is 10.3. The molecule has 25 heavy (non-hydrogen) atoms. The van der Waals surface area contributed by atoms with Crippen molar-refractivity contribution in [2.75, 3.05) is 0 Å². The van der Waals surface area contributed by atoms with Gasteiger partial charge in [-0.2, -0.15) is 0 Å². The Morgan fingerprint density at radius 2 is 1.08 bits per heavy atom. The Hall–Kier alpha value is -0.0395. The van der Waals surface area contributed by atoms with Crippen LogP contribution >= 0.6 is 0 Å². The van der Waals surface area contributed by atoms with Gasteiger partial charge in [0.05, 0.1) is 0 Å². The summed E-state index contributed by atoms with van der Waals surface area (Å²) in [5.41, 5.74) is 0. The summed E-state index contributed by atoms with van der Waals surface area (Å²) in [6, 6.07) is 0. The van der Waals surface area contributed by atoms with Crippen LogP contribution < -0.4 is 0 Å². The molecule has 0 radical (unpaired) electrons. The van der Waals surface area contributed by atoms with Gasteiger partial charge in [-0.15, -0.1) is 0 Å². The molecule has 0 rings (SSSR count). The number of unbranched alkanes of at least 4 members (excludes halogenated alkanes) is 11. The van der Waals surface area contributed by atoms with Gasteiger partial charge in [-0.25, -0.2) is 4.79 Å². The van der Waals surface area contributed by atoms with Gasteiger partial charge in [0.2, 0.25) is 0 Å². The molecule has 0 aliphatic carbocycles. The summed E-state index contributed by atoms with van der Waals surface area (Å²) in [4.78, 5) is 18.9. The predicted molar refractivity (Wildman–Crippen MR) is 106 cm³/mol. The normalized spacial score (nSPS) is 9.96. The number of carbonyl (C=O) groups is 2. The summed E-state index contributed by atoms with van der Waals surface area (Å²) in [6.45, 7) is 2.26. The molecule has 146 valence electrons. The van der Waals surface area contributed by atoms with Gasteiger partial charge >= 0.3 is 57.6 Å². The fourth-order valence-electron chi connectivity index (χ4n) is 2.35. The zero-order valence-electron chi connectivity index (χ0n) is 17.9. The average molecular weight is 434 g/mol. The van der Waals surface area contributed by atoms with E-state index >= 15 is 0 Å². The van der Waals surface area contributed by atoms with Crippen molar-refractivity contribution >= 4 is 57.6 Å². The second kappa shape index (κ2) is 26.2. The number of carboxylic acids is 1. The number of rotatable bonds is 15. The molecule has 5 nitrogen and oxygen atoms in total. The molecule has 0 saturated heterocycles. The largest absolute Gasteiger partial charge is 2.00 e. The summed E-state index contributed by atoms with van der Waals surface area (Å²) < 4.78 is 0. The van der Waals surface area contributed by atoms with Crippen molar-refractivity contribution in [3.05, 3.63) is 12.2 Å². The van der Waals surface area contributed by atoms with E-state index in [0.717, 1.165) is 12.8 Å². The maximum Gasteiger partial charge on any atom is 2.00 e. The third-order valence-corrected chi connectivity index (χ3v) is 3.65. The molecule has 0 heterocycles. The van der Waals surface area contributed by atoms with Crippen LogP contribution in [0.25, 0.3) is 0 Å². The molecule has 0 atom stereocenters. The van der Waals surface area contributed by atoms with E-state index in [1.165, 1.54) is 70.6 Å². The van der Waals surface area contributed by atoms with Crippen LogP contribution in [-0.4, -0.2) is 72.9 Å². The molecule has 3 N–H and O–H groups in total. The maximum atomic E-state index is 10.3. The third-order valence-electron chi connectivity index (χ3n) is 3.65. The van der Waals surface area contributed by atoms with E-state index in [1.54, 1.807) is 0 Å². The van der Waals surface area contributed by atoms with Crippen molar-refractivity contribution in [1.29, 1.82) is 0 Å². The van der Waals surface area contributed by atoms with Crippen LogP contribution in [0.5, 0.6) is 0 Å². The molecule has 0 aliphatic rings. The van der Waals surface area contributed by atoms with Crippen LogP contribution in [0.4, 0.5) is 4.79 Å². The van der Waals surface area contributed by atoms with Crippen molar-refractivity contribution in [3.63, 3.8) is 0 Å². The van der Waals surface area contributed by atoms with Crippen LogP contribution in [0.2, 0.25) is 0 Å². The van der Waals surface area contributed by atoms with Crippen LogP contribution in [0.1, 0.15) is 99.7 Å². The van der Waals surface area contributed by atoms with Crippen LogP contribution in [0.3, 0.4) is 0 Å². The SMILES string of the molecule is CCCCCCCCC=CCCCCCCCC(=O)O.O=C(O)O.[H-].[H-].[Sr+2].